The minimum Gasteiger partial charge on any atom is -0.397 e. The van der Waals surface area contributed by atoms with E-state index in [0.717, 1.165) is 36.5 Å². The molecule has 1 saturated heterocycles. The van der Waals surface area contributed by atoms with Crippen LogP contribution in [0.5, 0.6) is 0 Å². The molecule has 1 aliphatic carbocycles. The van der Waals surface area contributed by atoms with Crippen LogP contribution < -0.4 is 5.73 Å². The van der Waals surface area contributed by atoms with Crippen LogP contribution in [0.1, 0.15) is 50.8 Å². The van der Waals surface area contributed by atoms with Crippen molar-refractivity contribution in [1.29, 1.82) is 0 Å². The van der Waals surface area contributed by atoms with E-state index < -0.39 is 0 Å². The summed E-state index contributed by atoms with van der Waals surface area (Å²) >= 11 is 13.1. The largest absolute Gasteiger partial charge is 0.397 e. The van der Waals surface area contributed by atoms with E-state index in [-0.39, 0.29) is 16.9 Å². The van der Waals surface area contributed by atoms with Gasteiger partial charge < -0.3 is 10.5 Å². The summed E-state index contributed by atoms with van der Waals surface area (Å²) in [4.78, 5) is 2.59. The van der Waals surface area contributed by atoms with Crippen molar-refractivity contribution in [3.63, 3.8) is 0 Å². The molecule has 1 heterocycles. The number of piperidine rings is 1. The van der Waals surface area contributed by atoms with E-state index in [9.17, 15) is 0 Å². The summed E-state index contributed by atoms with van der Waals surface area (Å²) in [6.07, 6.45) is 2.05. The molecule has 0 saturated carbocycles. The molecule has 2 aromatic rings. The van der Waals surface area contributed by atoms with Crippen molar-refractivity contribution in [3.8, 4) is 0 Å². The number of nitrogens with two attached hydrogens (primary N) is 1. The van der Waals surface area contributed by atoms with Gasteiger partial charge in [0.05, 0.1) is 23.4 Å². The molecule has 4 rings (SSSR count). The zero-order chi connectivity index (χ0) is 21.7. The second-order valence-electron chi connectivity index (χ2n) is 9.73. The van der Waals surface area contributed by atoms with Crippen LogP contribution in [0.15, 0.2) is 36.4 Å². The molecule has 0 amide bonds. The van der Waals surface area contributed by atoms with Gasteiger partial charge in [-0.15, -0.1) is 0 Å². The molecule has 2 N–H and O–H groups in total. The number of ether oxygens (including phenoxy) is 1. The van der Waals surface area contributed by atoms with Gasteiger partial charge in [-0.05, 0) is 54.5 Å². The lowest BCUT2D eigenvalue weighted by Crippen LogP contribution is -2.64. The number of anilines is 1. The van der Waals surface area contributed by atoms with E-state index in [2.05, 4.69) is 56.9 Å². The van der Waals surface area contributed by atoms with E-state index in [1.807, 2.05) is 12.1 Å². The van der Waals surface area contributed by atoms with Crippen molar-refractivity contribution in [2.24, 2.45) is 5.41 Å². The van der Waals surface area contributed by atoms with Gasteiger partial charge in [0.1, 0.15) is 0 Å². The monoisotopic (exact) mass is 446 g/mol. The Hall–Kier alpha value is -1.26. The highest BCUT2D eigenvalue weighted by Gasteiger charge is 2.57. The van der Waals surface area contributed by atoms with Crippen molar-refractivity contribution in [3.05, 3.63) is 63.1 Å². The SMILES string of the molecule is CC(CN1CCC2(C)c3c(Cl)cc(Cl)c(N)c3CC1C2(C)C)OCc1ccccc1. The normalized spacial score (nSPS) is 26.3. The van der Waals surface area contributed by atoms with E-state index >= 15 is 0 Å². The number of halogens is 2. The zero-order valence-electron chi connectivity index (χ0n) is 18.3. The maximum absolute atomic E-state index is 6.73. The average molecular weight is 447 g/mol. The van der Waals surface area contributed by atoms with Crippen LogP contribution in [-0.2, 0) is 23.2 Å². The first-order valence-electron chi connectivity index (χ1n) is 10.8. The Morgan fingerprint density at radius 1 is 1.17 bits per heavy atom. The first-order valence-corrected chi connectivity index (χ1v) is 11.6. The second-order valence-corrected chi connectivity index (χ2v) is 10.5. The van der Waals surface area contributed by atoms with Gasteiger partial charge in [-0.1, -0.05) is 74.3 Å². The van der Waals surface area contributed by atoms with Gasteiger partial charge in [-0.3, -0.25) is 4.90 Å². The molecule has 0 radical (unpaired) electrons. The molecule has 1 fully saturated rings. The summed E-state index contributed by atoms with van der Waals surface area (Å²) in [5, 5.41) is 1.32. The zero-order valence-corrected chi connectivity index (χ0v) is 19.9. The third-order valence-corrected chi connectivity index (χ3v) is 8.40. The maximum atomic E-state index is 6.73. The molecule has 0 aromatic heterocycles. The van der Waals surface area contributed by atoms with E-state index in [4.69, 9.17) is 33.7 Å². The summed E-state index contributed by atoms with van der Waals surface area (Å²) in [6.45, 7) is 11.9. The highest BCUT2D eigenvalue weighted by Crippen LogP contribution is 2.59. The Bertz CT molecular complexity index is 930. The van der Waals surface area contributed by atoms with Crippen LogP contribution in [-0.4, -0.2) is 30.1 Å². The predicted octanol–water partition coefficient (Wildman–Crippen LogP) is 6.10. The molecule has 2 aliphatic rings. The van der Waals surface area contributed by atoms with Crippen molar-refractivity contribution in [1.82, 2.24) is 4.90 Å². The summed E-state index contributed by atoms with van der Waals surface area (Å²) in [7, 11) is 0. The minimum absolute atomic E-state index is 0.0360. The number of fused-ring (bicyclic) bond motifs is 4. The number of hydrogen-bond donors (Lipinski definition) is 1. The van der Waals surface area contributed by atoms with Gasteiger partial charge in [-0.25, -0.2) is 0 Å². The molecule has 30 heavy (non-hydrogen) atoms. The van der Waals surface area contributed by atoms with E-state index in [1.165, 1.54) is 11.1 Å². The van der Waals surface area contributed by atoms with Crippen molar-refractivity contribution in [2.75, 3.05) is 18.8 Å². The van der Waals surface area contributed by atoms with Gasteiger partial charge in [-0.2, -0.15) is 0 Å². The fourth-order valence-electron chi connectivity index (χ4n) is 5.60. The van der Waals surface area contributed by atoms with Crippen molar-refractivity contribution >= 4 is 28.9 Å². The summed E-state index contributed by atoms with van der Waals surface area (Å²) in [5.74, 6) is 0. The third-order valence-electron chi connectivity index (χ3n) is 7.79. The number of nitrogen functional groups attached to an aromatic ring is 1. The molecule has 5 heteroatoms. The fourth-order valence-corrected chi connectivity index (χ4v) is 6.31. The number of likely N-dealkylation sites (tertiary alicyclic amines) is 1. The first-order chi connectivity index (χ1) is 14.1. The van der Waals surface area contributed by atoms with E-state index in [0.29, 0.717) is 23.4 Å². The number of nitrogens with zero attached hydrogens (tertiary/aromatic N) is 1. The highest BCUT2D eigenvalue weighted by atomic mass is 35.5. The quantitative estimate of drug-likeness (QED) is 0.564. The molecule has 3 nitrogen and oxygen atoms in total. The lowest BCUT2D eigenvalue weighted by Gasteiger charge is -2.61. The predicted molar refractivity (Wildman–Crippen MR) is 126 cm³/mol. The van der Waals surface area contributed by atoms with E-state index in [1.54, 1.807) is 0 Å². The average Bonchev–Trinajstić information content (AvgIpc) is 2.69. The van der Waals surface area contributed by atoms with Gasteiger partial charge in [0.25, 0.3) is 0 Å². The summed E-state index contributed by atoms with van der Waals surface area (Å²) in [5.41, 5.74) is 10.7. The topological polar surface area (TPSA) is 38.5 Å². The Kier molecular flexibility index (Phi) is 5.87. The van der Waals surface area contributed by atoms with Crippen molar-refractivity contribution < 1.29 is 4.74 Å². The molecule has 3 atom stereocenters. The van der Waals surface area contributed by atoms with Crippen LogP contribution in [0.3, 0.4) is 0 Å². The Labute approximate surface area is 190 Å². The summed E-state index contributed by atoms with van der Waals surface area (Å²) < 4.78 is 6.18. The maximum Gasteiger partial charge on any atom is 0.0721 e. The molecule has 0 spiro atoms. The van der Waals surface area contributed by atoms with Crippen LogP contribution in [0.25, 0.3) is 0 Å². The number of rotatable bonds is 5. The summed E-state index contributed by atoms with van der Waals surface area (Å²) in [6, 6.07) is 12.5. The molecule has 1 aliphatic heterocycles. The molecule has 3 unspecified atom stereocenters. The Balaban J connectivity index is 1.57. The first kappa shape index (κ1) is 22.0. The molecule has 2 bridgehead atoms. The van der Waals surface area contributed by atoms with Crippen LogP contribution in [0.2, 0.25) is 10.0 Å². The van der Waals surface area contributed by atoms with Crippen LogP contribution in [0.4, 0.5) is 5.69 Å². The second kappa shape index (κ2) is 8.02. The Morgan fingerprint density at radius 2 is 1.87 bits per heavy atom. The number of benzene rings is 2. The third kappa shape index (κ3) is 3.54. The van der Waals surface area contributed by atoms with Gasteiger partial charge in [0.15, 0.2) is 0 Å². The minimum atomic E-state index is -0.0360. The number of hydrogen-bond acceptors (Lipinski definition) is 3. The Morgan fingerprint density at radius 3 is 2.57 bits per heavy atom. The van der Waals surface area contributed by atoms with Gasteiger partial charge in [0.2, 0.25) is 0 Å². The lowest BCUT2D eigenvalue weighted by molar-refractivity contribution is -0.0646. The lowest BCUT2D eigenvalue weighted by atomic mass is 9.51. The van der Waals surface area contributed by atoms with Gasteiger partial charge >= 0.3 is 0 Å². The van der Waals surface area contributed by atoms with Gasteiger partial charge in [0, 0.05) is 23.0 Å². The fraction of sp³-hybridized carbons (Fsp3) is 0.520. The molecular weight excluding hydrogens is 415 g/mol. The van der Waals surface area contributed by atoms with Crippen molar-refractivity contribution in [2.45, 2.75) is 64.7 Å². The smallest absolute Gasteiger partial charge is 0.0721 e. The van der Waals surface area contributed by atoms with Crippen LogP contribution in [0, 0.1) is 5.41 Å². The molecule has 162 valence electrons. The molecule has 2 aromatic carbocycles. The molecular formula is C25H32Cl2N2O. The highest BCUT2D eigenvalue weighted by molar-refractivity contribution is 6.37. The standard InChI is InChI=1S/C25H32Cl2N2O/c1-16(30-15-17-8-6-5-7-9-17)14-29-11-10-25(4)22-18(12-21(29)24(25,2)3)23(28)20(27)13-19(22)26/h5-9,13,16,21H,10-12,14-15,28H2,1-4H3. The van der Waals surface area contributed by atoms with Crippen LogP contribution >= 0.6 is 23.2 Å².